The van der Waals surface area contributed by atoms with Gasteiger partial charge in [0.15, 0.2) is 0 Å². The van der Waals surface area contributed by atoms with Crippen LogP contribution in [0.2, 0.25) is 5.02 Å². The lowest BCUT2D eigenvalue weighted by atomic mass is 10.1. The van der Waals surface area contributed by atoms with Crippen molar-refractivity contribution >= 4 is 17.3 Å². The second kappa shape index (κ2) is 4.78. The van der Waals surface area contributed by atoms with Crippen molar-refractivity contribution in [2.75, 3.05) is 18.8 Å². The number of hydrogen-bond donors (Lipinski definition) is 1. The Bertz CT molecular complexity index is 399. The summed E-state index contributed by atoms with van der Waals surface area (Å²) in [7, 11) is 0. The van der Waals surface area contributed by atoms with E-state index in [0.29, 0.717) is 30.3 Å². The highest BCUT2D eigenvalue weighted by Gasteiger charge is 2.33. The van der Waals surface area contributed by atoms with Crippen LogP contribution in [-0.4, -0.2) is 23.9 Å². The highest BCUT2D eigenvalue weighted by atomic mass is 35.5. The van der Waals surface area contributed by atoms with Crippen LogP contribution in [0.25, 0.3) is 0 Å². The SMILES string of the molecule is Nc1cc(CN2CCC(F)(F)CC2)ccc1Cl. The van der Waals surface area contributed by atoms with Crippen molar-refractivity contribution in [1.82, 2.24) is 4.90 Å². The fourth-order valence-corrected chi connectivity index (χ4v) is 2.11. The van der Waals surface area contributed by atoms with E-state index in [9.17, 15) is 8.78 Å². The summed E-state index contributed by atoms with van der Waals surface area (Å²) in [6.45, 7) is 1.50. The molecule has 5 heteroatoms. The highest BCUT2D eigenvalue weighted by molar-refractivity contribution is 6.33. The van der Waals surface area contributed by atoms with E-state index in [4.69, 9.17) is 17.3 Å². The van der Waals surface area contributed by atoms with Crippen LogP contribution in [0.1, 0.15) is 18.4 Å². The third-order valence-electron chi connectivity index (χ3n) is 3.05. The summed E-state index contributed by atoms with van der Waals surface area (Å²) in [4.78, 5) is 2.01. The number of likely N-dealkylation sites (tertiary alicyclic amines) is 1. The van der Waals surface area contributed by atoms with Gasteiger partial charge in [0.05, 0.1) is 10.7 Å². The van der Waals surface area contributed by atoms with Gasteiger partial charge in [-0.05, 0) is 17.7 Å². The fourth-order valence-electron chi connectivity index (χ4n) is 1.99. The quantitative estimate of drug-likeness (QED) is 0.828. The fraction of sp³-hybridized carbons (Fsp3) is 0.500. The van der Waals surface area contributed by atoms with Gasteiger partial charge >= 0.3 is 0 Å². The van der Waals surface area contributed by atoms with Gasteiger partial charge in [0.25, 0.3) is 5.92 Å². The Morgan fingerprint density at radius 3 is 2.53 bits per heavy atom. The zero-order valence-corrected chi connectivity index (χ0v) is 10.2. The largest absolute Gasteiger partial charge is 0.398 e. The summed E-state index contributed by atoms with van der Waals surface area (Å²) in [6.07, 6.45) is -0.119. The maximum absolute atomic E-state index is 13.0. The van der Waals surface area contributed by atoms with Crippen molar-refractivity contribution < 1.29 is 8.78 Å². The highest BCUT2D eigenvalue weighted by Crippen LogP contribution is 2.29. The molecule has 2 rings (SSSR count). The van der Waals surface area contributed by atoms with Crippen molar-refractivity contribution in [2.45, 2.75) is 25.3 Å². The molecule has 0 bridgehead atoms. The number of rotatable bonds is 2. The van der Waals surface area contributed by atoms with E-state index in [2.05, 4.69) is 0 Å². The minimum atomic E-state index is -2.49. The van der Waals surface area contributed by atoms with Gasteiger partial charge in [-0.15, -0.1) is 0 Å². The number of hydrogen-bond acceptors (Lipinski definition) is 2. The van der Waals surface area contributed by atoms with Gasteiger partial charge < -0.3 is 5.73 Å². The standard InChI is InChI=1S/C12H15ClF2N2/c13-10-2-1-9(7-11(10)16)8-17-5-3-12(14,15)4-6-17/h1-2,7H,3-6,8,16H2. The molecule has 0 unspecified atom stereocenters. The number of nitrogens with two attached hydrogens (primary N) is 1. The molecule has 2 nitrogen and oxygen atoms in total. The Morgan fingerprint density at radius 2 is 1.94 bits per heavy atom. The van der Waals surface area contributed by atoms with Gasteiger partial charge in [-0.1, -0.05) is 17.7 Å². The first-order chi connectivity index (χ1) is 7.96. The van der Waals surface area contributed by atoms with Crippen LogP contribution in [0.5, 0.6) is 0 Å². The molecule has 0 radical (unpaired) electrons. The van der Waals surface area contributed by atoms with Gasteiger partial charge in [-0.2, -0.15) is 0 Å². The molecule has 2 N–H and O–H groups in total. The lowest BCUT2D eigenvalue weighted by Crippen LogP contribution is -2.38. The van der Waals surface area contributed by atoms with Crippen LogP contribution in [0, 0.1) is 0 Å². The third-order valence-corrected chi connectivity index (χ3v) is 3.40. The molecule has 1 aliphatic heterocycles. The number of nitrogens with zero attached hydrogens (tertiary/aromatic N) is 1. The molecule has 0 aliphatic carbocycles. The second-order valence-corrected chi connectivity index (χ2v) is 4.90. The molecule has 0 aromatic heterocycles. The predicted molar refractivity (Wildman–Crippen MR) is 65.3 cm³/mol. The molecular formula is C12H15ClF2N2. The van der Waals surface area contributed by atoms with Gasteiger partial charge in [0.1, 0.15) is 0 Å². The molecule has 0 atom stereocenters. The van der Waals surface area contributed by atoms with Gasteiger partial charge in [-0.25, -0.2) is 8.78 Å². The summed E-state index contributed by atoms with van der Waals surface area (Å²) in [5.74, 6) is -2.49. The monoisotopic (exact) mass is 260 g/mol. The Hall–Kier alpha value is -0.870. The maximum atomic E-state index is 13.0. The summed E-state index contributed by atoms with van der Waals surface area (Å²) >= 11 is 5.82. The zero-order valence-electron chi connectivity index (χ0n) is 9.43. The topological polar surface area (TPSA) is 29.3 Å². The molecule has 1 aliphatic rings. The molecule has 1 heterocycles. The number of benzene rings is 1. The van der Waals surface area contributed by atoms with E-state index >= 15 is 0 Å². The second-order valence-electron chi connectivity index (χ2n) is 4.49. The van der Waals surface area contributed by atoms with E-state index in [-0.39, 0.29) is 12.8 Å². The van der Waals surface area contributed by atoms with Crippen LogP contribution in [0.15, 0.2) is 18.2 Å². The average molecular weight is 261 g/mol. The van der Waals surface area contributed by atoms with Crippen molar-refractivity contribution in [3.05, 3.63) is 28.8 Å². The molecule has 17 heavy (non-hydrogen) atoms. The molecular weight excluding hydrogens is 246 g/mol. The van der Waals surface area contributed by atoms with Crippen LogP contribution in [0.3, 0.4) is 0 Å². The third kappa shape index (κ3) is 3.30. The summed E-state index contributed by atoms with van der Waals surface area (Å²) < 4.78 is 25.9. The average Bonchev–Trinajstić information content (AvgIpc) is 2.27. The van der Waals surface area contributed by atoms with Crippen molar-refractivity contribution in [3.8, 4) is 0 Å². The molecule has 1 aromatic rings. The normalized spacial score (nSPS) is 20.4. The lowest BCUT2D eigenvalue weighted by Gasteiger charge is -2.31. The Balaban J connectivity index is 1.95. The Labute approximate surface area is 104 Å². The molecule has 1 fully saturated rings. The van der Waals surface area contributed by atoms with Gasteiger partial charge in [-0.3, -0.25) is 4.90 Å². The lowest BCUT2D eigenvalue weighted by molar-refractivity contribution is -0.0566. The van der Waals surface area contributed by atoms with Crippen molar-refractivity contribution in [3.63, 3.8) is 0 Å². The summed E-state index contributed by atoms with van der Waals surface area (Å²) in [5.41, 5.74) is 7.24. The van der Waals surface area contributed by atoms with Gasteiger partial charge in [0, 0.05) is 32.5 Å². The van der Waals surface area contributed by atoms with Crippen molar-refractivity contribution in [2.24, 2.45) is 0 Å². The first-order valence-electron chi connectivity index (χ1n) is 5.60. The maximum Gasteiger partial charge on any atom is 0.250 e. The Morgan fingerprint density at radius 1 is 1.29 bits per heavy atom. The smallest absolute Gasteiger partial charge is 0.250 e. The van der Waals surface area contributed by atoms with Crippen molar-refractivity contribution in [1.29, 1.82) is 0 Å². The number of piperidine rings is 1. The van der Waals surface area contributed by atoms with E-state index < -0.39 is 5.92 Å². The van der Waals surface area contributed by atoms with E-state index in [0.717, 1.165) is 5.56 Å². The first kappa shape index (κ1) is 12.6. The summed E-state index contributed by atoms with van der Waals surface area (Å²) in [6, 6.07) is 5.42. The van der Waals surface area contributed by atoms with Crippen LogP contribution in [-0.2, 0) is 6.54 Å². The zero-order chi connectivity index (χ0) is 12.5. The minimum Gasteiger partial charge on any atom is -0.398 e. The Kier molecular flexibility index (Phi) is 3.54. The number of halogens is 3. The number of alkyl halides is 2. The minimum absolute atomic E-state index is 0.0595. The van der Waals surface area contributed by atoms with Crippen LogP contribution in [0.4, 0.5) is 14.5 Å². The van der Waals surface area contributed by atoms with E-state index in [1.807, 2.05) is 11.0 Å². The van der Waals surface area contributed by atoms with Crippen LogP contribution >= 0.6 is 11.6 Å². The predicted octanol–water partition coefficient (Wildman–Crippen LogP) is 3.15. The molecule has 0 saturated carbocycles. The van der Waals surface area contributed by atoms with E-state index in [1.54, 1.807) is 12.1 Å². The first-order valence-corrected chi connectivity index (χ1v) is 5.98. The summed E-state index contributed by atoms with van der Waals surface area (Å²) in [5, 5.41) is 0.527. The molecule has 0 spiro atoms. The molecule has 1 aromatic carbocycles. The molecule has 1 saturated heterocycles. The number of nitrogen functional groups attached to an aromatic ring is 1. The number of anilines is 1. The van der Waals surface area contributed by atoms with Crippen LogP contribution < -0.4 is 5.73 Å². The molecule has 94 valence electrons. The van der Waals surface area contributed by atoms with E-state index in [1.165, 1.54) is 0 Å². The molecule has 0 amide bonds. The van der Waals surface area contributed by atoms with Gasteiger partial charge in [0.2, 0.25) is 0 Å².